The minimum Gasteiger partial charge on any atom is -0.462 e. The van der Waals surface area contributed by atoms with Gasteiger partial charge in [-0.1, -0.05) is 234 Å². The largest absolute Gasteiger partial charge is 0.462 e. The van der Waals surface area contributed by atoms with Gasteiger partial charge in [-0.2, -0.15) is 0 Å². The highest BCUT2D eigenvalue weighted by molar-refractivity contribution is 5.71. The first-order valence-electron chi connectivity index (χ1n) is 29.7. The van der Waals surface area contributed by atoms with Gasteiger partial charge in [-0.05, 0) is 122 Å². The number of ether oxygens (including phenoxy) is 3. The van der Waals surface area contributed by atoms with E-state index in [1.54, 1.807) is 0 Å². The first kappa shape index (κ1) is 67.3. The summed E-state index contributed by atoms with van der Waals surface area (Å²) in [6, 6.07) is 0. The van der Waals surface area contributed by atoms with Crippen molar-refractivity contribution >= 4 is 17.9 Å². The van der Waals surface area contributed by atoms with Crippen LogP contribution in [0.3, 0.4) is 0 Å². The molecule has 0 aliphatic heterocycles. The minimum atomic E-state index is -0.803. The Morgan fingerprint density at radius 1 is 0.296 bits per heavy atom. The van der Waals surface area contributed by atoms with E-state index in [1.807, 2.05) is 0 Å². The summed E-state index contributed by atoms with van der Waals surface area (Å²) in [6.07, 6.45) is 78.3. The van der Waals surface area contributed by atoms with Gasteiger partial charge in [0.05, 0.1) is 0 Å². The summed E-state index contributed by atoms with van der Waals surface area (Å²) in [5.41, 5.74) is 0. The number of hydrogen-bond donors (Lipinski definition) is 0. The van der Waals surface area contributed by atoms with Crippen LogP contribution in [-0.2, 0) is 28.6 Å². The molecule has 406 valence electrons. The second-order valence-corrected chi connectivity index (χ2v) is 19.5. The van der Waals surface area contributed by atoms with Crippen molar-refractivity contribution in [2.24, 2.45) is 0 Å². The molecular weight excluding hydrogens is 877 g/mol. The molecule has 0 heterocycles. The van der Waals surface area contributed by atoms with Gasteiger partial charge in [0, 0.05) is 19.3 Å². The van der Waals surface area contributed by atoms with Gasteiger partial charge in [-0.3, -0.25) is 14.4 Å². The summed E-state index contributed by atoms with van der Waals surface area (Å²) < 4.78 is 16.8. The molecule has 0 aromatic heterocycles. The average Bonchev–Trinajstić information content (AvgIpc) is 3.37. The van der Waals surface area contributed by atoms with Crippen LogP contribution in [-0.4, -0.2) is 37.2 Å². The predicted octanol–water partition coefficient (Wildman–Crippen LogP) is 20.1. The average molecular weight is 988 g/mol. The van der Waals surface area contributed by atoms with E-state index in [0.717, 1.165) is 103 Å². The summed E-state index contributed by atoms with van der Waals surface area (Å²) in [5, 5.41) is 0. The Kier molecular flexibility index (Phi) is 55.9. The summed E-state index contributed by atoms with van der Waals surface area (Å²) >= 11 is 0. The van der Waals surface area contributed by atoms with Crippen LogP contribution in [0.15, 0.2) is 97.2 Å². The molecule has 0 aromatic carbocycles. The topological polar surface area (TPSA) is 78.9 Å². The first-order valence-corrected chi connectivity index (χ1v) is 29.7. The highest BCUT2D eigenvalue weighted by Crippen LogP contribution is 2.14. The number of esters is 3. The van der Waals surface area contributed by atoms with E-state index in [9.17, 15) is 14.4 Å². The minimum absolute atomic E-state index is 0.0974. The van der Waals surface area contributed by atoms with Crippen LogP contribution in [0, 0.1) is 0 Å². The lowest BCUT2D eigenvalue weighted by molar-refractivity contribution is -0.167. The monoisotopic (exact) mass is 987 g/mol. The quantitative estimate of drug-likeness (QED) is 0.0261. The lowest BCUT2D eigenvalue weighted by atomic mass is 10.1. The van der Waals surface area contributed by atoms with Crippen LogP contribution in [0.25, 0.3) is 0 Å². The highest BCUT2D eigenvalue weighted by Gasteiger charge is 2.19. The van der Waals surface area contributed by atoms with E-state index in [-0.39, 0.29) is 31.1 Å². The normalized spacial score (nSPS) is 12.8. The van der Waals surface area contributed by atoms with Crippen molar-refractivity contribution in [2.45, 2.75) is 284 Å². The van der Waals surface area contributed by atoms with Crippen LogP contribution in [0.1, 0.15) is 278 Å². The number of hydrogen-bond acceptors (Lipinski definition) is 6. The third-order valence-corrected chi connectivity index (χ3v) is 12.5. The number of carbonyl (C=O) groups is 3. The molecule has 6 nitrogen and oxygen atoms in total. The van der Waals surface area contributed by atoms with Gasteiger partial charge in [-0.25, -0.2) is 0 Å². The van der Waals surface area contributed by atoms with Crippen LogP contribution < -0.4 is 0 Å². The Bertz CT molecular complexity index is 1410. The second kappa shape index (κ2) is 58.9. The molecule has 0 saturated heterocycles. The molecule has 1 unspecified atom stereocenters. The molecule has 0 amide bonds. The smallest absolute Gasteiger partial charge is 0.306 e. The van der Waals surface area contributed by atoms with Crippen LogP contribution in [0.4, 0.5) is 0 Å². The number of carbonyl (C=O) groups excluding carboxylic acids is 3. The highest BCUT2D eigenvalue weighted by atomic mass is 16.6. The maximum Gasteiger partial charge on any atom is 0.306 e. The van der Waals surface area contributed by atoms with Crippen LogP contribution in [0.2, 0.25) is 0 Å². The predicted molar refractivity (Wildman–Crippen MR) is 307 cm³/mol. The SMILES string of the molecule is CC/C=C\C/C=C\C/C=C\C/C=C\C/C=C\C/C=C\CCCCC(=O)OCC(COC(=O)CCCCCCC/C=C\CCCCCCCC)OC(=O)CCCCCCCCC/C=C\CCCCCCCC. The van der Waals surface area contributed by atoms with Crippen molar-refractivity contribution in [3.8, 4) is 0 Å². The fourth-order valence-corrected chi connectivity index (χ4v) is 8.08. The van der Waals surface area contributed by atoms with Gasteiger partial charge < -0.3 is 14.2 Å². The molecule has 0 spiro atoms. The molecule has 0 radical (unpaired) electrons. The Morgan fingerprint density at radius 3 is 0.901 bits per heavy atom. The van der Waals surface area contributed by atoms with Crippen molar-refractivity contribution in [1.29, 1.82) is 0 Å². The molecule has 0 rings (SSSR count). The Hall–Kier alpha value is -3.67. The van der Waals surface area contributed by atoms with Crippen molar-refractivity contribution in [3.63, 3.8) is 0 Å². The van der Waals surface area contributed by atoms with Crippen molar-refractivity contribution in [1.82, 2.24) is 0 Å². The van der Waals surface area contributed by atoms with E-state index in [0.29, 0.717) is 19.3 Å². The van der Waals surface area contributed by atoms with Gasteiger partial charge in [0.15, 0.2) is 6.10 Å². The standard InChI is InChI=1S/C65H110O6/c1-4-7-10-13-16-19-22-25-28-30-31-32-33-35-37-40-43-46-49-52-55-58-64(67)70-61-62(60-69-63(66)57-54-51-48-45-42-39-36-27-24-21-18-15-12-9-6-3)71-65(68)59-56-53-50-47-44-41-38-34-29-26-23-20-17-14-11-8-5-2/h7,10,16,19,25-29,31-32,35-37,43,46,62H,4-6,8-9,11-15,17-18,20-24,30,33-34,38-42,44-45,47-61H2,1-3H3/b10-7-,19-16-,28-25-,29-26-,32-31-,36-27-,37-35-,46-43-. The lowest BCUT2D eigenvalue weighted by Gasteiger charge is -2.18. The zero-order chi connectivity index (χ0) is 51.4. The molecule has 0 aromatic rings. The fraction of sp³-hybridized carbons (Fsp3) is 0.708. The molecule has 0 aliphatic carbocycles. The first-order chi connectivity index (χ1) is 35.0. The summed E-state index contributed by atoms with van der Waals surface area (Å²) in [5.74, 6) is -0.949. The van der Waals surface area contributed by atoms with Crippen molar-refractivity contribution in [2.75, 3.05) is 13.2 Å². The van der Waals surface area contributed by atoms with Crippen molar-refractivity contribution < 1.29 is 28.6 Å². The number of unbranched alkanes of at least 4 members (excludes halogenated alkanes) is 26. The van der Waals surface area contributed by atoms with E-state index >= 15 is 0 Å². The Labute approximate surface area is 438 Å². The Morgan fingerprint density at radius 2 is 0.549 bits per heavy atom. The summed E-state index contributed by atoms with van der Waals surface area (Å²) in [4.78, 5) is 38.2. The maximum atomic E-state index is 12.9. The van der Waals surface area contributed by atoms with Gasteiger partial charge in [0.1, 0.15) is 13.2 Å². The van der Waals surface area contributed by atoms with E-state index in [4.69, 9.17) is 14.2 Å². The lowest BCUT2D eigenvalue weighted by Crippen LogP contribution is -2.30. The van der Waals surface area contributed by atoms with Gasteiger partial charge in [0.25, 0.3) is 0 Å². The van der Waals surface area contributed by atoms with Crippen LogP contribution in [0.5, 0.6) is 0 Å². The van der Waals surface area contributed by atoms with E-state index in [1.165, 1.54) is 135 Å². The number of rotatable bonds is 53. The fourth-order valence-electron chi connectivity index (χ4n) is 8.08. The number of allylic oxidation sites excluding steroid dienone is 16. The van der Waals surface area contributed by atoms with Gasteiger partial charge in [0.2, 0.25) is 0 Å². The summed E-state index contributed by atoms with van der Waals surface area (Å²) in [7, 11) is 0. The Balaban J connectivity index is 4.48. The maximum absolute atomic E-state index is 12.9. The molecule has 0 fully saturated rings. The molecule has 0 N–H and O–H groups in total. The van der Waals surface area contributed by atoms with E-state index < -0.39 is 6.10 Å². The molecule has 6 heteroatoms. The van der Waals surface area contributed by atoms with Crippen LogP contribution >= 0.6 is 0 Å². The zero-order valence-corrected chi connectivity index (χ0v) is 46.5. The molecule has 0 aliphatic rings. The molecule has 0 bridgehead atoms. The molecule has 0 saturated carbocycles. The van der Waals surface area contributed by atoms with E-state index in [2.05, 4.69) is 118 Å². The second-order valence-electron chi connectivity index (χ2n) is 19.5. The zero-order valence-electron chi connectivity index (χ0n) is 46.5. The molecule has 1 atom stereocenters. The van der Waals surface area contributed by atoms with Gasteiger partial charge >= 0.3 is 17.9 Å². The third-order valence-electron chi connectivity index (χ3n) is 12.5. The third kappa shape index (κ3) is 57.1. The summed E-state index contributed by atoms with van der Waals surface area (Å²) in [6.45, 7) is 6.48. The molecule has 71 heavy (non-hydrogen) atoms. The van der Waals surface area contributed by atoms with Gasteiger partial charge in [-0.15, -0.1) is 0 Å². The molecular formula is C65H110O6. The van der Waals surface area contributed by atoms with Crippen molar-refractivity contribution in [3.05, 3.63) is 97.2 Å².